The highest BCUT2D eigenvalue weighted by molar-refractivity contribution is 7.92. The number of carbonyl (C=O) groups excluding carboxylic acids is 1. The Kier molecular flexibility index (Phi) is 5.85. The third-order valence-electron chi connectivity index (χ3n) is 3.63. The van der Waals surface area contributed by atoms with Gasteiger partial charge in [-0.15, -0.1) is 0 Å². The Morgan fingerprint density at radius 3 is 2.29 bits per heavy atom. The fourth-order valence-corrected chi connectivity index (χ4v) is 3.19. The molecule has 28 heavy (non-hydrogen) atoms. The highest BCUT2D eigenvalue weighted by Crippen LogP contribution is 2.16. The van der Waals surface area contributed by atoms with Crippen molar-refractivity contribution >= 4 is 27.6 Å². The summed E-state index contributed by atoms with van der Waals surface area (Å²) in [5, 5.41) is 2.65. The zero-order valence-electron chi connectivity index (χ0n) is 15.0. The van der Waals surface area contributed by atoms with Crippen LogP contribution in [0.5, 0.6) is 5.75 Å². The molecule has 0 saturated heterocycles. The molecule has 1 amide bonds. The number of amides is 1. The number of hydrogen-bond donors (Lipinski definition) is 2. The Labute approximate surface area is 162 Å². The van der Waals surface area contributed by atoms with E-state index in [2.05, 4.69) is 20.0 Å². The summed E-state index contributed by atoms with van der Waals surface area (Å²) < 4.78 is 32.3. The summed E-state index contributed by atoms with van der Waals surface area (Å²) in [6.07, 6.45) is 2.87. The molecule has 144 valence electrons. The van der Waals surface area contributed by atoms with Gasteiger partial charge in [-0.1, -0.05) is 17.7 Å². The number of aromatic nitrogens is 2. The zero-order chi connectivity index (χ0) is 20.0. The summed E-state index contributed by atoms with van der Waals surface area (Å²) in [5.41, 5.74) is 1.55. The van der Waals surface area contributed by atoms with E-state index in [1.165, 1.54) is 36.7 Å². The maximum Gasteiger partial charge on any atom is 0.264 e. The highest BCUT2D eigenvalue weighted by atomic mass is 32.2. The van der Waals surface area contributed by atoms with Crippen molar-refractivity contribution in [2.24, 2.45) is 0 Å². The fourth-order valence-electron chi connectivity index (χ4n) is 2.23. The van der Waals surface area contributed by atoms with Crippen molar-refractivity contribution in [1.82, 2.24) is 9.97 Å². The number of anilines is 2. The number of nitrogens with zero attached hydrogens (tertiary/aromatic N) is 2. The number of ether oxygens (including phenoxy) is 1. The summed E-state index contributed by atoms with van der Waals surface area (Å²) in [4.78, 5) is 19.7. The van der Waals surface area contributed by atoms with Crippen LogP contribution in [-0.4, -0.2) is 30.9 Å². The smallest absolute Gasteiger partial charge is 0.264 e. The number of aryl methyl sites for hydroxylation is 1. The van der Waals surface area contributed by atoms with E-state index in [4.69, 9.17) is 4.74 Å². The third-order valence-corrected chi connectivity index (χ3v) is 4.97. The van der Waals surface area contributed by atoms with Gasteiger partial charge < -0.3 is 10.1 Å². The third kappa shape index (κ3) is 5.27. The van der Waals surface area contributed by atoms with E-state index < -0.39 is 10.0 Å². The van der Waals surface area contributed by atoms with Gasteiger partial charge in [0.25, 0.3) is 15.9 Å². The van der Waals surface area contributed by atoms with Crippen LogP contribution in [0.15, 0.2) is 71.9 Å². The molecule has 0 aliphatic rings. The van der Waals surface area contributed by atoms with Crippen molar-refractivity contribution < 1.29 is 17.9 Å². The topological polar surface area (TPSA) is 110 Å². The van der Waals surface area contributed by atoms with E-state index >= 15 is 0 Å². The lowest BCUT2D eigenvalue weighted by atomic mass is 10.2. The van der Waals surface area contributed by atoms with Gasteiger partial charge in [0.15, 0.2) is 6.61 Å². The summed E-state index contributed by atoms with van der Waals surface area (Å²) in [7, 11) is -3.82. The van der Waals surface area contributed by atoms with Gasteiger partial charge in [0.1, 0.15) is 5.75 Å². The van der Waals surface area contributed by atoms with E-state index in [0.717, 1.165) is 5.56 Å². The molecule has 2 aromatic carbocycles. The van der Waals surface area contributed by atoms with Crippen molar-refractivity contribution in [2.75, 3.05) is 16.6 Å². The first-order valence-electron chi connectivity index (χ1n) is 8.32. The van der Waals surface area contributed by atoms with Crippen LogP contribution in [0, 0.1) is 6.92 Å². The van der Waals surface area contributed by atoms with Crippen molar-refractivity contribution in [3.05, 3.63) is 72.6 Å². The number of nitrogens with one attached hydrogen (secondary N) is 2. The maximum atomic E-state index is 12.3. The molecule has 0 fully saturated rings. The van der Waals surface area contributed by atoms with Crippen molar-refractivity contribution in [1.29, 1.82) is 0 Å². The Morgan fingerprint density at radius 2 is 1.64 bits per heavy atom. The van der Waals surface area contributed by atoms with Crippen molar-refractivity contribution in [3.8, 4) is 5.75 Å². The largest absolute Gasteiger partial charge is 0.484 e. The van der Waals surface area contributed by atoms with Crippen LogP contribution in [0.2, 0.25) is 0 Å². The van der Waals surface area contributed by atoms with Crippen LogP contribution < -0.4 is 14.8 Å². The molecule has 0 unspecified atom stereocenters. The standard InChI is InChI=1S/C19H18N4O4S/c1-14-3-7-16(8-4-14)27-13-18(24)22-15-5-9-17(10-6-15)28(25,26)23-19-20-11-2-12-21-19/h2-12H,13H2,1H3,(H,22,24)(H,20,21,23). The summed E-state index contributed by atoms with van der Waals surface area (Å²) in [6.45, 7) is 1.80. The molecular weight excluding hydrogens is 380 g/mol. The molecular formula is C19H18N4O4S. The lowest BCUT2D eigenvalue weighted by molar-refractivity contribution is -0.118. The van der Waals surface area contributed by atoms with Gasteiger partial charge in [-0.05, 0) is 49.4 Å². The van der Waals surface area contributed by atoms with Gasteiger partial charge in [0, 0.05) is 18.1 Å². The second-order valence-corrected chi connectivity index (χ2v) is 7.53. The number of rotatable bonds is 7. The summed E-state index contributed by atoms with van der Waals surface area (Å²) in [5.74, 6) is 0.219. The number of sulfonamides is 1. The zero-order valence-corrected chi connectivity index (χ0v) is 15.8. The van der Waals surface area contributed by atoms with Crippen LogP contribution in [-0.2, 0) is 14.8 Å². The monoisotopic (exact) mass is 398 g/mol. The van der Waals surface area contributed by atoms with Gasteiger partial charge in [-0.25, -0.2) is 23.1 Å². The highest BCUT2D eigenvalue weighted by Gasteiger charge is 2.15. The van der Waals surface area contributed by atoms with Gasteiger partial charge in [0.05, 0.1) is 4.90 Å². The molecule has 2 N–H and O–H groups in total. The lowest BCUT2D eigenvalue weighted by Crippen LogP contribution is -2.20. The Bertz CT molecular complexity index is 1040. The lowest BCUT2D eigenvalue weighted by Gasteiger charge is -2.09. The average Bonchev–Trinajstić information content (AvgIpc) is 2.68. The van der Waals surface area contributed by atoms with Gasteiger partial charge in [0.2, 0.25) is 5.95 Å². The molecule has 0 atom stereocenters. The molecule has 8 nitrogen and oxygen atoms in total. The van der Waals surface area contributed by atoms with Gasteiger partial charge >= 0.3 is 0 Å². The van der Waals surface area contributed by atoms with Crippen LogP contribution >= 0.6 is 0 Å². The van der Waals surface area contributed by atoms with E-state index in [0.29, 0.717) is 11.4 Å². The molecule has 0 saturated carbocycles. The Balaban J connectivity index is 1.57. The first-order valence-corrected chi connectivity index (χ1v) is 9.80. The number of benzene rings is 2. The predicted molar refractivity (Wildman–Crippen MR) is 105 cm³/mol. The minimum absolute atomic E-state index is 0.0202. The Hall–Kier alpha value is -3.46. The van der Waals surface area contributed by atoms with Crippen LogP contribution in [0.1, 0.15) is 5.56 Å². The molecule has 0 radical (unpaired) electrons. The fraction of sp³-hybridized carbons (Fsp3) is 0.105. The molecule has 1 aromatic heterocycles. The molecule has 0 spiro atoms. The van der Waals surface area contributed by atoms with Crippen LogP contribution in [0.25, 0.3) is 0 Å². The molecule has 0 aliphatic heterocycles. The Morgan fingerprint density at radius 1 is 1.00 bits per heavy atom. The van der Waals surface area contributed by atoms with Crippen molar-refractivity contribution in [2.45, 2.75) is 11.8 Å². The second kappa shape index (κ2) is 8.49. The average molecular weight is 398 g/mol. The quantitative estimate of drug-likeness (QED) is 0.633. The second-order valence-electron chi connectivity index (χ2n) is 5.85. The SMILES string of the molecule is Cc1ccc(OCC(=O)Nc2ccc(S(=O)(=O)Nc3ncccn3)cc2)cc1. The van der Waals surface area contributed by atoms with E-state index in [1.54, 1.807) is 18.2 Å². The molecule has 1 heterocycles. The molecule has 3 aromatic rings. The van der Waals surface area contributed by atoms with E-state index in [-0.39, 0.29) is 23.4 Å². The van der Waals surface area contributed by atoms with E-state index in [1.807, 2.05) is 19.1 Å². The van der Waals surface area contributed by atoms with E-state index in [9.17, 15) is 13.2 Å². The number of hydrogen-bond acceptors (Lipinski definition) is 6. The summed E-state index contributed by atoms with van der Waals surface area (Å²) >= 11 is 0. The maximum absolute atomic E-state index is 12.3. The first-order chi connectivity index (χ1) is 13.4. The van der Waals surface area contributed by atoms with Crippen LogP contribution in [0.4, 0.5) is 11.6 Å². The summed E-state index contributed by atoms with van der Waals surface area (Å²) in [6, 6.07) is 14.7. The molecule has 9 heteroatoms. The number of carbonyl (C=O) groups is 1. The molecule has 0 aliphatic carbocycles. The normalized spacial score (nSPS) is 10.9. The molecule has 3 rings (SSSR count). The van der Waals surface area contributed by atoms with Crippen LogP contribution in [0.3, 0.4) is 0 Å². The minimum atomic E-state index is -3.82. The van der Waals surface area contributed by atoms with Gasteiger partial charge in [-0.3, -0.25) is 4.79 Å². The van der Waals surface area contributed by atoms with Gasteiger partial charge in [-0.2, -0.15) is 0 Å². The molecule has 0 bridgehead atoms. The predicted octanol–water partition coefficient (Wildman–Crippen LogP) is 2.60. The minimum Gasteiger partial charge on any atom is -0.484 e. The first kappa shape index (κ1) is 19.3. The van der Waals surface area contributed by atoms with Crippen molar-refractivity contribution in [3.63, 3.8) is 0 Å².